The van der Waals surface area contributed by atoms with E-state index in [0.717, 1.165) is 24.3 Å². The number of carbonyl (C=O) groups is 1. The summed E-state index contributed by atoms with van der Waals surface area (Å²) in [7, 11) is 0. The van der Waals surface area contributed by atoms with E-state index in [1.54, 1.807) is 18.2 Å². The molecular weight excluding hydrogens is 290 g/mol. The molecule has 0 aliphatic heterocycles. The normalized spacial score (nSPS) is 10.8. The number of rotatable bonds is 2. The van der Waals surface area contributed by atoms with Crippen molar-refractivity contribution in [2.75, 3.05) is 0 Å². The lowest BCUT2D eigenvalue weighted by atomic mass is 9.97. The number of aromatic hydroxyl groups is 2. The monoisotopic (exact) mass is 300 g/mol. The van der Waals surface area contributed by atoms with Gasteiger partial charge in [-0.3, -0.25) is 4.79 Å². The van der Waals surface area contributed by atoms with Crippen LogP contribution in [0.15, 0.2) is 48.5 Å². The molecule has 0 aliphatic carbocycles. The van der Waals surface area contributed by atoms with Crippen molar-refractivity contribution in [1.29, 1.82) is 0 Å². The van der Waals surface area contributed by atoms with Crippen LogP contribution in [0.2, 0.25) is 0 Å². The van der Waals surface area contributed by atoms with Gasteiger partial charge in [-0.05, 0) is 18.2 Å². The number of phenolic OH excluding ortho intramolecular Hbond substituents is 2. The van der Waals surface area contributed by atoms with Gasteiger partial charge in [-0.1, -0.05) is 30.3 Å². The van der Waals surface area contributed by atoms with Gasteiger partial charge in [-0.25, -0.2) is 8.78 Å². The molecule has 2 N–H and O–H groups in total. The van der Waals surface area contributed by atoms with Gasteiger partial charge in [-0.15, -0.1) is 0 Å². The van der Waals surface area contributed by atoms with Crippen LogP contribution < -0.4 is 0 Å². The van der Waals surface area contributed by atoms with Crippen LogP contribution in [-0.2, 0) is 0 Å². The topological polar surface area (TPSA) is 57.5 Å². The third kappa shape index (κ3) is 2.07. The molecule has 0 heterocycles. The Labute approximate surface area is 124 Å². The summed E-state index contributed by atoms with van der Waals surface area (Å²) in [6, 6.07) is 10.4. The molecule has 0 unspecified atom stereocenters. The Morgan fingerprint density at radius 1 is 0.864 bits per heavy atom. The summed E-state index contributed by atoms with van der Waals surface area (Å²) in [5, 5.41) is 20.7. The molecule has 0 aromatic heterocycles. The zero-order chi connectivity index (χ0) is 15.9. The Bertz CT molecular complexity index is 884. The molecule has 0 aliphatic rings. The summed E-state index contributed by atoms with van der Waals surface area (Å²) >= 11 is 0. The van der Waals surface area contributed by atoms with Crippen molar-refractivity contribution >= 4 is 16.6 Å². The van der Waals surface area contributed by atoms with E-state index in [4.69, 9.17) is 0 Å². The van der Waals surface area contributed by atoms with Crippen LogP contribution in [0, 0.1) is 11.6 Å². The minimum Gasteiger partial charge on any atom is -0.507 e. The molecule has 0 saturated heterocycles. The summed E-state index contributed by atoms with van der Waals surface area (Å²) in [5.41, 5.74) is -1.13. The van der Waals surface area contributed by atoms with Crippen molar-refractivity contribution in [1.82, 2.24) is 0 Å². The molecule has 0 bridgehead atoms. The maximum atomic E-state index is 13.7. The fraction of sp³-hybridized carbons (Fsp3) is 0. The molecule has 0 saturated carbocycles. The van der Waals surface area contributed by atoms with Crippen LogP contribution in [0.25, 0.3) is 10.8 Å². The number of hydrogen-bond donors (Lipinski definition) is 2. The molecule has 0 radical (unpaired) electrons. The first kappa shape index (κ1) is 14.0. The third-order valence-corrected chi connectivity index (χ3v) is 3.43. The average molecular weight is 300 g/mol. The van der Waals surface area contributed by atoms with Crippen molar-refractivity contribution in [2.24, 2.45) is 0 Å². The number of benzene rings is 3. The Kier molecular flexibility index (Phi) is 3.25. The molecule has 0 amide bonds. The van der Waals surface area contributed by atoms with Gasteiger partial charge in [0.1, 0.15) is 23.1 Å². The lowest BCUT2D eigenvalue weighted by Crippen LogP contribution is -2.08. The summed E-state index contributed by atoms with van der Waals surface area (Å²) < 4.78 is 27.5. The van der Waals surface area contributed by atoms with Gasteiger partial charge < -0.3 is 10.2 Å². The maximum Gasteiger partial charge on any atom is 0.202 e. The highest BCUT2D eigenvalue weighted by atomic mass is 19.1. The maximum absolute atomic E-state index is 13.7. The molecule has 5 heteroatoms. The highest BCUT2D eigenvalue weighted by Crippen LogP contribution is 2.36. The fourth-order valence-corrected chi connectivity index (χ4v) is 2.36. The highest BCUT2D eigenvalue weighted by Gasteiger charge is 2.23. The predicted molar refractivity (Wildman–Crippen MR) is 77.1 cm³/mol. The smallest absolute Gasteiger partial charge is 0.202 e. The number of carbonyl (C=O) groups excluding carboxylic acids is 1. The van der Waals surface area contributed by atoms with E-state index in [1.807, 2.05) is 0 Å². The van der Waals surface area contributed by atoms with Gasteiger partial charge in [0.05, 0.1) is 11.1 Å². The summed E-state index contributed by atoms with van der Waals surface area (Å²) in [5.74, 6) is -3.78. The molecule has 0 fully saturated rings. The van der Waals surface area contributed by atoms with Crippen molar-refractivity contribution in [3.05, 3.63) is 71.3 Å². The first-order chi connectivity index (χ1) is 10.5. The SMILES string of the molecule is O=C(c1cc(O)c2ccccc2c1O)c1c(F)cccc1F. The molecule has 0 spiro atoms. The van der Waals surface area contributed by atoms with Gasteiger partial charge in [0.2, 0.25) is 5.78 Å². The first-order valence-corrected chi connectivity index (χ1v) is 6.43. The second-order valence-electron chi connectivity index (χ2n) is 4.76. The van der Waals surface area contributed by atoms with E-state index in [-0.39, 0.29) is 16.7 Å². The van der Waals surface area contributed by atoms with E-state index in [1.165, 1.54) is 6.07 Å². The number of hydrogen-bond acceptors (Lipinski definition) is 3. The van der Waals surface area contributed by atoms with E-state index in [0.29, 0.717) is 5.39 Å². The number of phenols is 2. The van der Waals surface area contributed by atoms with Crippen LogP contribution in [0.5, 0.6) is 11.5 Å². The summed E-state index contributed by atoms with van der Waals surface area (Å²) in [6.07, 6.45) is 0. The zero-order valence-electron chi connectivity index (χ0n) is 11.2. The third-order valence-electron chi connectivity index (χ3n) is 3.43. The minimum atomic E-state index is -1.03. The van der Waals surface area contributed by atoms with E-state index >= 15 is 0 Å². The largest absolute Gasteiger partial charge is 0.507 e. The van der Waals surface area contributed by atoms with Crippen molar-refractivity contribution < 1.29 is 23.8 Å². The van der Waals surface area contributed by atoms with Crippen LogP contribution in [0.4, 0.5) is 8.78 Å². The van der Waals surface area contributed by atoms with Gasteiger partial charge in [-0.2, -0.15) is 0 Å². The molecular formula is C17H10F2O3. The van der Waals surface area contributed by atoms with E-state index in [9.17, 15) is 23.8 Å². The van der Waals surface area contributed by atoms with E-state index in [2.05, 4.69) is 0 Å². The molecule has 3 aromatic carbocycles. The second-order valence-corrected chi connectivity index (χ2v) is 4.76. The lowest BCUT2D eigenvalue weighted by molar-refractivity contribution is 0.102. The summed E-state index contributed by atoms with van der Waals surface area (Å²) in [4.78, 5) is 12.4. The number of ketones is 1. The fourth-order valence-electron chi connectivity index (χ4n) is 2.36. The molecule has 3 rings (SSSR count). The van der Waals surface area contributed by atoms with Gasteiger partial charge in [0.15, 0.2) is 0 Å². The number of fused-ring (bicyclic) bond motifs is 1. The molecule has 110 valence electrons. The minimum absolute atomic E-state index is 0.225. The lowest BCUT2D eigenvalue weighted by Gasteiger charge is -2.10. The average Bonchev–Trinajstić information content (AvgIpc) is 2.50. The van der Waals surface area contributed by atoms with Gasteiger partial charge in [0, 0.05) is 10.8 Å². The molecule has 3 aromatic rings. The van der Waals surface area contributed by atoms with Crippen LogP contribution in [-0.4, -0.2) is 16.0 Å². The van der Waals surface area contributed by atoms with Crippen LogP contribution in [0.3, 0.4) is 0 Å². The zero-order valence-corrected chi connectivity index (χ0v) is 11.2. The van der Waals surface area contributed by atoms with Crippen molar-refractivity contribution in [2.45, 2.75) is 0 Å². The van der Waals surface area contributed by atoms with Crippen LogP contribution >= 0.6 is 0 Å². The van der Waals surface area contributed by atoms with Crippen LogP contribution in [0.1, 0.15) is 15.9 Å². The molecule has 22 heavy (non-hydrogen) atoms. The predicted octanol–water partition coefficient (Wildman–Crippen LogP) is 3.76. The standard InChI is InChI=1S/C17H10F2O3/c18-12-6-3-7-13(19)15(12)17(22)11-8-14(20)9-4-1-2-5-10(9)16(11)21/h1-8,20-21H. The van der Waals surface area contributed by atoms with Crippen molar-refractivity contribution in [3.8, 4) is 11.5 Å². The highest BCUT2D eigenvalue weighted by molar-refractivity contribution is 6.14. The van der Waals surface area contributed by atoms with Gasteiger partial charge >= 0.3 is 0 Å². The Balaban J connectivity index is 2.27. The summed E-state index contributed by atoms with van der Waals surface area (Å²) in [6.45, 7) is 0. The van der Waals surface area contributed by atoms with Crippen molar-refractivity contribution in [3.63, 3.8) is 0 Å². The number of halogens is 2. The second kappa shape index (κ2) is 5.11. The van der Waals surface area contributed by atoms with E-state index < -0.39 is 28.7 Å². The Morgan fingerprint density at radius 3 is 2.09 bits per heavy atom. The molecule has 3 nitrogen and oxygen atoms in total. The molecule has 0 atom stereocenters. The quantitative estimate of drug-likeness (QED) is 0.559. The Morgan fingerprint density at radius 2 is 1.45 bits per heavy atom. The van der Waals surface area contributed by atoms with Gasteiger partial charge in [0.25, 0.3) is 0 Å². The Hall–Kier alpha value is -2.95. The first-order valence-electron chi connectivity index (χ1n) is 6.43.